The number of ether oxygens (including phenoxy) is 1. The molecule has 0 saturated carbocycles. The van der Waals surface area contributed by atoms with Crippen LogP contribution in [0.4, 0.5) is 0 Å². The van der Waals surface area contributed by atoms with Crippen molar-refractivity contribution in [1.29, 1.82) is 0 Å². The van der Waals surface area contributed by atoms with Crippen molar-refractivity contribution in [2.24, 2.45) is 0 Å². The first kappa shape index (κ1) is 11.4. The van der Waals surface area contributed by atoms with Crippen LogP contribution in [0, 0.1) is 0 Å². The maximum absolute atomic E-state index is 11.7. The third-order valence-electron chi connectivity index (χ3n) is 2.44. The van der Waals surface area contributed by atoms with E-state index in [9.17, 15) is 14.7 Å². The summed E-state index contributed by atoms with van der Waals surface area (Å²) in [5, 5.41) is 9.80. The summed E-state index contributed by atoms with van der Waals surface area (Å²) < 4.78 is 5.34. The van der Waals surface area contributed by atoms with Gasteiger partial charge in [0.2, 0.25) is 0 Å². The van der Waals surface area contributed by atoms with E-state index < -0.39 is 0 Å². The average Bonchev–Trinajstić information content (AvgIpc) is 2.39. The molecule has 2 rings (SSSR count). The molecule has 1 N–H and O–H groups in total. The molecule has 0 radical (unpaired) electrons. The second kappa shape index (κ2) is 4.41. The molecule has 0 aliphatic carbocycles. The van der Waals surface area contributed by atoms with Gasteiger partial charge in [-0.2, -0.15) is 0 Å². The molecule has 1 aromatic carbocycles. The number of carbonyl (C=O) groups excluding carboxylic acids is 2. The van der Waals surface area contributed by atoms with Crippen LogP contribution in [0.15, 0.2) is 24.3 Å². The Morgan fingerprint density at radius 3 is 2.94 bits per heavy atom. The monoisotopic (exact) mass is 232 g/mol. The summed E-state index contributed by atoms with van der Waals surface area (Å²) in [4.78, 5) is 22.7. The van der Waals surface area contributed by atoms with Crippen molar-refractivity contribution in [3.63, 3.8) is 0 Å². The zero-order chi connectivity index (χ0) is 12.4. The third-order valence-corrected chi connectivity index (χ3v) is 2.44. The lowest BCUT2D eigenvalue weighted by Gasteiger charge is -2.10. The molecule has 0 aromatic heterocycles. The lowest BCUT2D eigenvalue weighted by atomic mass is 10.0. The van der Waals surface area contributed by atoms with Gasteiger partial charge >= 0.3 is 0 Å². The van der Waals surface area contributed by atoms with Crippen LogP contribution in [-0.2, 0) is 11.2 Å². The highest BCUT2D eigenvalue weighted by molar-refractivity contribution is 6.09. The number of phenols is 1. The summed E-state index contributed by atoms with van der Waals surface area (Å²) in [5.74, 6) is -0.113. The van der Waals surface area contributed by atoms with Gasteiger partial charge in [0.05, 0.1) is 0 Å². The minimum atomic E-state index is -0.288. The number of fused-ring (bicyclic) bond motifs is 1. The highest BCUT2D eigenvalue weighted by Crippen LogP contribution is 2.32. The van der Waals surface area contributed by atoms with Crippen molar-refractivity contribution >= 4 is 11.6 Å². The van der Waals surface area contributed by atoms with Crippen LogP contribution in [0.2, 0.25) is 0 Å². The second-order valence-electron chi connectivity index (χ2n) is 3.94. The minimum Gasteiger partial charge on any atom is -0.507 e. The molecule has 0 spiro atoms. The summed E-state index contributed by atoms with van der Waals surface area (Å²) in [5.41, 5.74) is 0.800. The van der Waals surface area contributed by atoms with E-state index >= 15 is 0 Å². The van der Waals surface area contributed by atoms with Gasteiger partial charge < -0.3 is 9.84 Å². The van der Waals surface area contributed by atoms with Crippen molar-refractivity contribution in [3.05, 3.63) is 35.4 Å². The number of hydrogen-bond acceptors (Lipinski definition) is 4. The molecule has 0 amide bonds. The summed E-state index contributed by atoms with van der Waals surface area (Å²) in [6.45, 7) is 1.75. The predicted molar refractivity (Wildman–Crippen MR) is 61.5 cm³/mol. The van der Waals surface area contributed by atoms with Crippen molar-refractivity contribution in [1.82, 2.24) is 0 Å². The van der Waals surface area contributed by atoms with Gasteiger partial charge in [-0.25, -0.2) is 0 Å². The first-order valence-corrected chi connectivity index (χ1v) is 5.27. The fourth-order valence-corrected chi connectivity index (χ4v) is 1.78. The number of ketones is 2. The number of Topliss-reactive ketones (excluding diaryl/α,β-unsaturated/α-hetero) is 1. The number of phenolic OH excluding ortho intramolecular Hbond substituents is 1. The number of rotatable bonds is 2. The zero-order valence-electron chi connectivity index (χ0n) is 9.40. The van der Waals surface area contributed by atoms with Gasteiger partial charge in [0.1, 0.15) is 29.5 Å². The summed E-state index contributed by atoms with van der Waals surface area (Å²) in [6.07, 6.45) is 3.18. The van der Waals surface area contributed by atoms with E-state index in [-0.39, 0.29) is 35.9 Å². The van der Waals surface area contributed by atoms with Crippen LogP contribution in [0.5, 0.6) is 11.5 Å². The van der Waals surface area contributed by atoms with Gasteiger partial charge in [0, 0.05) is 6.42 Å². The summed E-state index contributed by atoms with van der Waals surface area (Å²) in [6, 6.07) is 3.06. The molecule has 1 heterocycles. The van der Waals surface area contributed by atoms with Crippen molar-refractivity contribution in [2.75, 3.05) is 6.61 Å². The molecule has 4 nitrogen and oxygen atoms in total. The number of carbonyl (C=O) groups is 2. The fraction of sp³-hybridized carbons (Fsp3) is 0.231. The highest BCUT2D eigenvalue weighted by atomic mass is 16.5. The topological polar surface area (TPSA) is 63.6 Å². The minimum absolute atomic E-state index is 0.0116. The van der Waals surface area contributed by atoms with E-state index in [4.69, 9.17) is 4.74 Å². The maximum Gasteiger partial charge on any atom is 0.193 e. The van der Waals surface area contributed by atoms with Gasteiger partial charge in [0.25, 0.3) is 0 Å². The molecule has 17 heavy (non-hydrogen) atoms. The summed E-state index contributed by atoms with van der Waals surface area (Å²) >= 11 is 0. The predicted octanol–water partition coefficient (Wildman–Crippen LogP) is 1.65. The molecule has 0 unspecified atom stereocenters. The molecule has 88 valence electrons. The van der Waals surface area contributed by atoms with Crippen molar-refractivity contribution in [2.45, 2.75) is 13.3 Å². The van der Waals surface area contributed by atoms with E-state index in [1.807, 2.05) is 0 Å². The standard InChI is InChI=1S/C13H12O4/c1-8(14)5-9-6-11(16)13-10(15)3-2-4-17-12(13)7-9/h2-3,6-7,16H,4-5H2,1H3. The third kappa shape index (κ3) is 2.36. The Balaban J connectivity index is 2.48. The van der Waals surface area contributed by atoms with Crippen LogP contribution < -0.4 is 4.74 Å². The van der Waals surface area contributed by atoms with Crippen LogP contribution in [0.3, 0.4) is 0 Å². The Bertz CT molecular complexity index is 514. The normalized spacial score (nSPS) is 13.8. The van der Waals surface area contributed by atoms with Crippen LogP contribution in [0.25, 0.3) is 0 Å². The van der Waals surface area contributed by atoms with Gasteiger partial charge in [0.15, 0.2) is 5.78 Å². The highest BCUT2D eigenvalue weighted by Gasteiger charge is 2.19. The van der Waals surface area contributed by atoms with E-state index in [0.717, 1.165) is 0 Å². The SMILES string of the molecule is CC(=O)Cc1cc(O)c2c(c1)OCC=CC2=O. The van der Waals surface area contributed by atoms with E-state index in [1.165, 1.54) is 19.1 Å². The molecule has 0 bridgehead atoms. The summed E-state index contributed by atoms with van der Waals surface area (Å²) in [7, 11) is 0. The Labute approximate surface area is 98.5 Å². The lowest BCUT2D eigenvalue weighted by Crippen LogP contribution is -2.02. The number of benzene rings is 1. The molecule has 1 aliphatic rings. The molecule has 4 heteroatoms. The first-order valence-electron chi connectivity index (χ1n) is 5.27. The smallest absolute Gasteiger partial charge is 0.193 e. The van der Waals surface area contributed by atoms with E-state index in [1.54, 1.807) is 12.1 Å². The van der Waals surface area contributed by atoms with Crippen LogP contribution >= 0.6 is 0 Å². The first-order chi connectivity index (χ1) is 8.08. The van der Waals surface area contributed by atoms with Gasteiger partial charge in [-0.15, -0.1) is 0 Å². The van der Waals surface area contributed by atoms with Gasteiger partial charge in [-0.3, -0.25) is 9.59 Å². The van der Waals surface area contributed by atoms with Crippen LogP contribution in [-0.4, -0.2) is 23.3 Å². The molecule has 0 atom stereocenters. The van der Waals surface area contributed by atoms with Crippen molar-refractivity contribution in [3.8, 4) is 11.5 Å². The lowest BCUT2D eigenvalue weighted by molar-refractivity contribution is -0.116. The van der Waals surface area contributed by atoms with Crippen LogP contribution in [0.1, 0.15) is 22.8 Å². The number of hydrogen-bond donors (Lipinski definition) is 1. The largest absolute Gasteiger partial charge is 0.507 e. The van der Waals surface area contributed by atoms with Gasteiger partial charge in [-0.1, -0.05) is 0 Å². The quantitative estimate of drug-likeness (QED) is 0.842. The Morgan fingerprint density at radius 2 is 2.24 bits per heavy atom. The Hall–Kier alpha value is -2.10. The average molecular weight is 232 g/mol. The molecular formula is C13H12O4. The molecular weight excluding hydrogens is 220 g/mol. The molecule has 0 fully saturated rings. The fourth-order valence-electron chi connectivity index (χ4n) is 1.78. The van der Waals surface area contributed by atoms with Gasteiger partial charge in [-0.05, 0) is 36.8 Å². The number of aromatic hydroxyl groups is 1. The Morgan fingerprint density at radius 1 is 1.47 bits per heavy atom. The molecule has 1 aromatic rings. The maximum atomic E-state index is 11.7. The van der Waals surface area contributed by atoms with E-state index in [2.05, 4.69) is 0 Å². The van der Waals surface area contributed by atoms with Crippen molar-refractivity contribution < 1.29 is 19.4 Å². The second-order valence-corrected chi connectivity index (χ2v) is 3.94. The number of allylic oxidation sites excluding steroid dienone is 1. The Kier molecular flexibility index (Phi) is 2.95. The molecule has 0 saturated heterocycles. The zero-order valence-corrected chi connectivity index (χ0v) is 9.40. The molecule has 1 aliphatic heterocycles. The van der Waals surface area contributed by atoms with E-state index in [0.29, 0.717) is 11.3 Å².